The van der Waals surface area contributed by atoms with Crippen molar-refractivity contribution >= 4 is 11.6 Å². The summed E-state index contributed by atoms with van der Waals surface area (Å²) in [4.78, 5) is 12.3. The van der Waals surface area contributed by atoms with Crippen LogP contribution in [-0.2, 0) is 6.42 Å². The lowest BCUT2D eigenvalue weighted by molar-refractivity contribution is 0.0935. The van der Waals surface area contributed by atoms with Crippen LogP contribution in [0.1, 0.15) is 27.7 Å². The first-order valence-corrected chi connectivity index (χ1v) is 8.73. The Balaban J connectivity index is 1.44. The molecule has 1 heterocycles. The molecule has 4 nitrogen and oxygen atoms in total. The maximum Gasteiger partial charge on any atom is 0.255 e. The van der Waals surface area contributed by atoms with E-state index in [1.807, 2.05) is 66.7 Å². The summed E-state index contributed by atoms with van der Waals surface area (Å²) in [6.45, 7) is 0.612. The van der Waals surface area contributed by atoms with Crippen molar-refractivity contribution in [3.63, 3.8) is 0 Å². The highest BCUT2D eigenvalue weighted by Crippen LogP contribution is 2.27. The van der Waals surface area contributed by atoms with Gasteiger partial charge in [-0.2, -0.15) is 0 Å². The van der Waals surface area contributed by atoms with Crippen LogP contribution < -0.4 is 15.4 Å². The van der Waals surface area contributed by atoms with Gasteiger partial charge in [0.05, 0.1) is 12.2 Å². The Hall–Kier alpha value is -3.27. The predicted octanol–water partition coefficient (Wildman–Crippen LogP) is 4.16. The highest BCUT2D eigenvalue weighted by atomic mass is 16.5. The molecule has 3 aromatic rings. The number of fused-ring (bicyclic) bond motifs is 1. The average Bonchev–Trinajstić information content (AvgIpc) is 2.69. The molecule has 0 radical (unpaired) electrons. The first kappa shape index (κ1) is 16.2. The number of benzene rings is 3. The standard InChI is InChI=1S/C22H20N2O2/c25-22-19-11-4-5-12-20(19)23-21(24-22)17-9-6-10-18(15-17)26-14-13-16-7-2-1-3-8-16/h1-12,15,21,23H,13-14H2,(H,24,25). The van der Waals surface area contributed by atoms with Crippen LogP contribution >= 0.6 is 0 Å². The number of para-hydroxylation sites is 1. The minimum absolute atomic E-state index is 0.0697. The lowest BCUT2D eigenvalue weighted by Gasteiger charge is -2.28. The molecule has 0 saturated heterocycles. The molecule has 4 rings (SSSR count). The molecule has 0 aromatic heterocycles. The van der Waals surface area contributed by atoms with Crippen LogP contribution in [-0.4, -0.2) is 12.5 Å². The van der Waals surface area contributed by atoms with E-state index < -0.39 is 0 Å². The lowest BCUT2D eigenvalue weighted by atomic mass is 10.1. The van der Waals surface area contributed by atoms with E-state index in [-0.39, 0.29) is 12.1 Å². The van der Waals surface area contributed by atoms with Crippen LogP contribution in [0.5, 0.6) is 5.75 Å². The van der Waals surface area contributed by atoms with E-state index in [0.29, 0.717) is 12.2 Å². The van der Waals surface area contributed by atoms with Crippen molar-refractivity contribution in [3.05, 3.63) is 95.6 Å². The number of anilines is 1. The summed E-state index contributed by atoms with van der Waals surface area (Å²) in [6, 6.07) is 25.6. The zero-order valence-electron chi connectivity index (χ0n) is 14.3. The molecule has 1 amide bonds. The summed E-state index contributed by atoms with van der Waals surface area (Å²) in [5.74, 6) is 0.730. The zero-order chi connectivity index (χ0) is 17.8. The SMILES string of the molecule is O=C1NC(c2cccc(OCCc3ccccc3)c2)Nc2ccccc21. The third-order valence-corrected chi connectivity index (χ3v) is 4.44. The largest absolute Gasteiger partial charge is 0.493 e. The van der Waals surface area contributed by atoms with Gasteiger partial charge in [-0.15, -0.1) is 0 Å². The van der Waals surface area contributed by atoms with Crippen molar-refractivity contribution in [2.24, 2.45) is 0 Å². The van der Waals surface area contributed by atoms with E-state index in [1.165, 1.54) is 5.56 Å². The fourth-order valence-electron chi connectivity index (χ4n) is 3.09. The van der Waals surface area contributed by atoms with Crippen LogP contribution in [0.2, 0.25) is 0 Å². The molecule has 0 saturated carbocycles. The maximum atomic E-state index is 12.3. The van der Waals surface area contributed by atoms with Gasteiger partial charge in [0, 0.05) is 12.1 Å². The van der Waals surface area contributed by atoms with Gasteiger partial charge in [0.2, 0.25) is 0 Å². The number of rotatable bonds is 5. The summed E-state index contributed by atoms with van der Waals surface area (Å²) < 4.78 is 5.90. The first-order valence-electron chi connectivity index (χ1n) is 8.73. The molecule has 26 heavy (non-hydrogen) atoms. The summed E-state index contributed by atoms with van der Waals surface area (Å²) in [5.41, 5.74) is 3.72. The molecule has 1 aliphatic heterocycles. The fourth-order valence-corrected chi connectivity index (χ4v) is 3.09. The molecule has 130 valence electrons. The molecule has 1 atom stereocenters. The Morgan fingerprint density at radius 3 is 2.54 bits per heavy atom. The number of nitrogens with one attached hydrogen (secondary N) is 2. The van der Waals surface area contributed by atoms with Gasteiger partial charge in [-0.1, -0.05) is 54.6 Å². The number of hydrogen-bond donors (Lipinski definition) is 2. The van der Waals surface area contributed by atoms with Gasteiger partial charge in [0.1, 0.15) is 11.9 Å². The lowest BCUT2D eigenvalue weighted by Crippen LogP contribution is -2.38. The molecule has 2 N–H and O–H groups in total. The Labute approximate surface area is 152 Å². The molecule has 0 aliphatic carbocycles. The normalized spacial score (nSPS) is 15.5. The van der Waals surface area contributed by atoms with E-state index >= 15 is 0 Å². The molecule has 4 heteroatoms. The highest BCUT2D eigenvalue weighted by molar-refractivity contribution is 6.01. The smallest absolute Gasteiger partial charge is 0.255 e. The average molecular weight is 344 g/mol. The maximum absolute atomic E-state index is 12.3. The quantitative estimate of drug-likeness (QED) is 0.731. The molecular weight excluding hydrogens is 324 g/mol. The Morgan fingerprint density at radius 2 is 1.65 bits per heavy atom. The Morgan fingerprint density at radius 1 is 0.846 bits per heavy atom. The number of amides is 1. The second-order valence-corrected chi connectivity index (χ2v) is 6.25. The zero-order valence-corrected chi connectivity index (χ0v) is 14.3. The van der Waals surface area contributed by atoms with E-state index in [2.05, 4.69) is 22.8 Å². The third kappa shape index (κ3) is 3.54. The second-order valence-electron chi connectivity index (χ2n) is 6.25. The van der Waals surface area contributed by atoms with Crippen molar-refractivity contribution in [2.75, 3.05) is 11.9 Å². The molecule has 3 aromatic carbocycles. The minimum Gasteiger partial charge on any atom is -0.493 e. The van der Waals surface area contributed by atoms with Crippen molar-refractivity contribution in [1.82, 2.24) is 5.32 Å². The fraction of sp³-hybridized carbons (Fsp3) is 0.136. The molecule has 0 bridgehead atoms. The third-order valence-electron chi connectivity index (χ3n) is 4.44. The van der Waals surface area contributed by atoms with E-state index in [9.17, 15) is 4.79 Å². The van der Waals surface area contributed by atoms with Crippen molar-refractivity contribution < 1.29 is 9.53 Å². The monoisotopic (exact) mass is 344 g/mol. The number of ether oxygens (including phenoxy) is 1. The van der Waals surface area contributed by atoms with Gasteiger partial charge in [-0.25, -0.2) is 0 Å². The molecule has 0 fully saturated rings. The number of hydrogen-bond acceptors (Lipinski definition) is 3. The van der Waals surface area contributed by atoms with Crippen molar-refractivity contribution in [2.45, 2.75) is 12.6 Å². The van der Waals surface area contributed by atoms with E-state index in [1.54, 1.807) is 0 Å². The van der Waals surface area contributed by atoms with Crippen LogP contribution in [0, 0.1) is 0 Å². The summed E-state index contributed by atoms with van der Waals surface area (Å²) in [7, 11) is 0. The topological polar surface area (TPSA) is 50.4 Å². The van der Waals surface area contributed by atoms with Gasteiger partial charge < -0.3 is 15.4 Å². The number of carbonyl (C=O) groups excluding carboxylic acids is 1. The van der Waals surface area contributed by atoms with Crippen molar-refractivity contribution in [1.29, 1.82) is 0 Å². The predicted molar refractivity (Wildman–Crippen MR) is 102 cm³/mol. The molecule has 1 aliphatic rings. The second kappa shape index (κ2) is 7.31. The molecule has 0 spiro atoms. The van der Waals surface area contributed by atoms with E-state index in [0.717, 1.165) is 23.4 Å². The molecular formula is C22H20N2O2. The van der Waals surface area contributed by atoms with Gasteiger partial charge in [0.25, 0.3) is 5.91 Å². The summed E-state index contributed by atoms with van der Waals surface area (Å²) in [6.07, 6.45) is 0.590. The number of carbonyl (C=O) groups is 1. The van der Waals surface area contributed by atoms with E-state index in [4.69, 9.17) is 4.74 Å². The first-order chi connectivity index (χ1) is 12.8. The Bertz CT molecular complexity index is 909. The van der Waals surface area contributed by atoms with Crippen LogP contribution in [0.25, 0.3) is 0 Å². The van der Waals surface area contributed by atoms with Crippen LogP contribution in [0.4, 0.5) is 5.69 Å². The van der Waals surface area contributed by atoms with Gasteiger partial charge in [0.15, 0.2) is 0 Å². The van der Waals surface area contributed by atoms with Crippen LogP contribution in [0.3, 0.4) is 0 Å². The molecule has 1 unspecified atom stereocenters. The van der Waals surface area contributed by atoms with Gasteiger partial charge >= 0.3 is 0 Å². The summed E-state index contributed by atoms with van der Waals surface area (Å²) in [5, 5.41) is 6.36. The minimum atomic E-state index is -0.268. The Kier molecular flexibility index (Phi) is 4.56. The van der Waals surface area contributed by atoms with Gasteiger partial charge in [-0.05, 0) is 35.4 Å². The van der Waals surface area contributed by atoms with Crippen LogP contribution in [0.15, 0.2) is 78.9 Å². The van der Waals surface area contributed by atoms with Gasteiger partial charge in [-0.3, -0.25) is 4.79 Å². The van der Waals surface area contributed by atoms with Crippen molar-refractivity contribution in [3.8, 4) is 5.75 Å². The summed E-state index contributed by atoms with van der Waals surface area (Å²) >= 11 is 0. The highest BCUT2D eigenvalue weighted by Gasteiger charge is 2.24.